The van der Waals surface area contributed by atoms with E-state index >= 15 is 0 Å². The van der Waals surface area contributed by atoms with E-state index < -0.39 is 44.7 Å². The quantitative estimate of drug-likeness (QED) is 0.415. The lowest BCUT2D eigenvalue weighted by molar-refractivity contribution is -0.222. The molecule has 2 unspecified atom stereocenters. The van der Waals surface area contributed by atoms with E-state index in [0.717, 1.165) is 4.57 Å². The number of phosphoric ester groups is 1. The van der Waals surface area contributed by atoms with Gasteiger partial charge in [0, 0.05) is 6.20 Å². The number of aliphatic hydroxyl groups excluding tert-OH is 2. The van der Waals surface area contributed by atoms with Crippen LogP contribution in [0, 0.1) is 0 Å². The number of nitrogens with zero attached hydrogens (tertiary/aromatic N) is 2. The minimum absolute atomic E-state index is 0.0308. The van der Waals surface area contributed by atoms with Crippen LogP contribution in [0.4, 0.5) is 5.82 Å². The first kappa shape index (κ1) is 16.0. The molecule has 0 aliphatic carbocycles. The highest BCUT2D eigenvalue weighted by atomic mass is 31.2. The molecule has 11 nitrogen and oxygen atoms in total. The second-order valence-corrected chi connectivity index (χ2v) is 5.55. The summed E-state index contributed by atoms with van der Waals surface area (Å²) in [7, 11) is -4.99. The molecule has 1 fully saturated rings. The maximum absolute atomic E-state index is 11.6. The molecule has 2 rings (SSSR count). The van der Waals surface area contributed by atoms with Gasteiger partial charge in [-0.15, -0.1) is 0 Å². The van der Waals surface area contributed by atoms with Crippen molar-refractivity contribution in [1.29, 1.82) is 0 Å². The highest BCUT2D eigenvalue weighted by Gasteiger charge is 2.44. The zero-order chi connectivity index (χ0) is 15.8. The number of ether oxygens (including phenoxy) is 1. The molecule has 1 aliphatic heterocycles. The summed E-state index contributed by atoms with van der Waals surface area (Å²) in [4.78, 5) is 34.1. The van der Waals surface area contributed by atoms with Crippen molar-refractivity contribution in [3.05, 3.63) is 22.7 Å². The topological polar surface area (TPSA) is 180 Å². The molecular weight excluding hydrogens is 309 g/mol. The summed E-state index contributed by atoms with van der Waals surface area (Å²) in [6.45, 7) is -0.719. The maximum Gasteiger partial charge on any atom is 0.351 e. The summed E-state index contributed by atoms with van der Waals surface area (Å²) in [5.41, 5.74) is 4.50. The van der Waals surface area contributed by atoms with Crippen LogP contribution < -0.4 is 16.3 Å². The fraction of sp³-hybridized carbons (Fsp3) is 0.556. The summed E-state index contributed by atoms with van der Waals surface area (Å²) >= 11 is 0. The maximum atomic E-state index is 11.6. The second kappa shape index (κ2) is 5.81. The van der Waals surface area contributed by atoms with Crippen molar-refractivity contribution in [2.45, 2.75) is 24.5 Å². The molecule has 0 spiro atoms. The fourth-order valence-electron chi connectivity index (χ4n) is 1.88. The van der Waals surface area contributed by atoms with Gasteiger partial charge in [-0.1, -0.05) is 0 Å². The standard InChI is InChI=1S/C9H14N3O8P/c10-5-1-2-12(9(15)11-5)8-7(14)6(13)4(20-8)3-19-21(16,17)18/h1-2,4,6-8,13-14H,3H2,(H2,10,11,15)(H2,16,17,18)/p-1/t4-,6+,7?,8-/m1/s1. The van der Waals surface area contributed by atoms with Gasteiger partial charge in [-0.3, -0.25) is 9.13 Å². The van der Waals surface area contributed by atoms with E-state index in [9.17, 15) is 24.5 Å². The molecule has 12 heteroatoms. The molecule has 1 aliphatic rings. The molecule has 5 atom stereocenters. The number of hydrogen-bond acceptors (Lipinski definition) is 9. The van der Waals surface area contributed by atoms with Crippen molar-refractivity contribution >= 4 is 13.6 Å². The summed E-state index contributed by atoms with van der Waals surface area (Å²) < 4.78 is 20.7. The van der Waals surface area contributed by atoms with Gasteiger partial charge in [-0.2, -0.15) is 4.98 Å². The SMILES string of the molecule is Nc1ccn([C@@H]2O[C@H](COP(=O)([O-])O)[C@H](O)C2O)c(=O)n1. The van der Waals surface area contributed by atoms with Gasteiger partial charge in [-0.05, 0) is 6.07 Å². The summed E-state index contributed by atoms with van der Waals surface area (Å²) in [5.74, 6) is -0.0308. The van der Waals surface area contributed by atoms with Gasteiger partial charge >= 0.3 is 5.69 Å². The van der Waals surface area contributed by atoms with Crippen LogP contribution in [0.5, 0.6) is 0 Å². The van der Waals surface area contributed by atoms with E-state index in [1.165, 1.54) is 12.3 Å². The van der Waals surface area contributed by atoms with Crippen LogP contribution >= 0.6 is 7.82 Å². The van der Waals surface area contributed by atoms with Gasteiger partial charge in [0.15, 0.2) is 6.23 Å². The van der Waals surface area contributed by atoms with Crippen LogP contribution in [0.25, 0.3) is 0 Å². The first-order chi connectivity index (χ1) is 9.69. The average molecular weight is 322 g/mol. The Balaban J connectivity index is 2.16. The molecule has 5 N–H and O–H groups in total. The lowest BCUT2D eigenvalue weighted by Crippen LogP contribution is -2.36. The van der Waals surface area contributed by atoms with Gasteiger partial charge < -0.3 is 35.0 Å². The Morgan fingerprint density at radius 1 is 1.52 bits per heavy atom. The van der Waals surface area contributed by atoms with Crippen molar-refractivity contribution < 1.29 is 33.8 Å². The first-order valence-corrected chi connectivity index (χ1v) is 7.23. The number of anilines is 1. The average Bonchev–Trinajstić information content (AvgIpc) is 2.64. The summed E-state index contributed by atoms with van der Waals surface area (Å²) in [6.07, 6.45) is -4.39. The molecule has 0 aromatic carbocycles. The molecule has 0 amide bonds. The fourth-order valence-corrected chi connectivity index (χ4v) is 2.22. The predicted molar refractivity (Wildman–Crippen MR) is 64.6 cm³/mol. The van der Waals surface area contributed by atoms with E-state index in [-0.39, 0.29) is 5.82 Å². The summed E-state index contributed by atoms with van der Waals surface area (Å²) in [5, 5.41) is 19.6. The Morgan fingerprint density at radius 3 is 2.76 bits per heavy atom. The molecule has 0 radical (unpaired) electrons. The molecular formula is C9H13N3O8P-. The van der Waals surface area contributed by atoms with E-state index in [0.29, 0.717) is 0 Å². The largest absolute Gasteiger partial charge is 0.756 e. The smallest absolute Gasteiger partial charge is 0.351 e. The number of phosphoric acid groups is 1. The van der Waals surface area contributed by atoms with Crippen LogP contribution in [0.1, 0.15) is 6.23 Å². The van der Waals surface area contributed by atoms with Crippen LogP contribution in [0.3, 0.4) is 0 Å². The van der Waals surface area contributed by atoms with Crippen LogP contribution in [0.15, 0.2) is 17.1 Å². The van der Waals surface area contributed by atoms with Gasteiger partial charge in [0.05, 0.1) is 6.61 Å². The number of aliphatic hydroxyl groups is 2. The third-order valence-corrected chi connectivity index (χ3v) is 3.34. The second-order valence-electron chi connectivity index (χ2n) is 4.35. The first-order valence-electron chi connectivity index (χ1n) is 5.73. The summed E-state index contributed by atoms with van der Waals surface area (Å²) in [6, 6.07) is 1.28. The van der Waals surface area contributed by atoms with Gasteiger partial charge in [0.1, 0.15) is 24.1 Å². The Bertz CT molecular complexity index is 615. The van der Waals surface area contributed by atoms with Crippen LogP contribution in [0.2, 0.25) is 0 Å². The lowest BCUT2D eigenvalue weighted by Gasteiger charge is -2.20. The molecule has 118 valence electrons. The zero-order valence-electron chi connectivity index (χ0n) is 10.5. The molecule has 0 saturated carbocycles. The highest BCUT2D eigenvalue weighted by molar-refractivity contribution is 7.44. The van der Waals surface area contributed by atoms with Gasteiger partial charge in [0.2, 0.25) is 0 Å². The number of nitrogens with two attached hydrogens (primary N) is 1. The van der Waals surface area contributed by atoms with Crippen LogP contribution in [-0.4, -0.2) is 49.6 Å². The molecule has 1 saturated heterocycles. The van der Waals surface area contributed by atoms with Gasteiger partial charge in [-0.25, -0.2) is 4.79 Å². The van der Waals surface area contributed by atoms with E-state index in [1.807, 2.05) is 0 Å². The molecule has 21 heavy (non-hydrogen) atoms. The number of aromatic nitrogens is 2. The minimum atomic E-state index is -4.99. The van der Waals surface area contributed by atoms with Crippen LogP contribution in [-0.2, 0) is 13.8 Å². The Kier molecular flexibility index (Phi) is 4.44. The highest BCUT2D eigenvalue weighted by Crippen LogP contribution is 2.34. The van der Waals surface area contributed by atoms with Crippen molar-refractivity contribution in [3.8, 4) is 0 Å². The normalized spacial score (nSPS) is 32.0. The number of nitrogen functional groups attached to an aromatic ring is 1. The van der Waals surface area contributed by atoms with E-state index in [1.54, 1.807) is 0 Å². The Hall–Kier alpha value is -1.33. The van der Waals surface area contributed by atoms with E-state index in [4.69, 9.17) is 15.4 Å². The lowest BCUT2D eigenvalue weighted by atomic mass is 10.1. The number of rotatable bonds is 4. The molecule has 2 heterocycles. The third-order valence-electron chi connectivity index (χ3n) is 2.86. The van der Waals surface area contributed by atoms with Crippen molar-refractivity contribution in [2.24, 2.45) is 0 Å². The monoisotopic (exact) mass is 322 g/mol. The van der Waals surface area contributed by atoms with Crippen molar-refractivity contribution in [1.82, 2.24) is 9.55 Å². The number of hydrogen-bond donors (Lipinski definition) is 4. The molecule has 1 aromatic rings. The zero-order valence-corrected chi connectivity index (χ0v) is 11.4. The van der Waals surface area contributed by atoms with E-state index in [2.05, 4.69) is 9.51 Å². The Labute approximate surface area is 117 Å². The predicted octanol–water partition coefficient (Wildman–Crippen LogP) is -3.08. The van der Waals surface area contributed by atoms with Crippen molar-refractivity contribution in [2.75, 3.05) is 12.3 Å². The third kappa shape index (κ3) is 3.66. The molecule has 0 bridgehead atoms. The Morgan fingerprint density at radius 2 is 2.19 bits per heavy atom. The molecule has 1 aromatic heterocycles. The minimum Gasteiger partial charge on any atom is -0.756 e. The van der Waals surface area contributed by atoms with Crippen molar-refractivity contribution in [3.63, 3.8) is 0 Å². The van der Waals surface area contributed by atoms with Gasteiger partial charge in [0.25, 0.3) is 7.82 Å².